The van der Waals surface area contributed by atoms with Crippen LogP contribution in [0.5, 0.6) is 0 Å². The Morgan fingerprint density at radius 3 is 2.74 bits per heavy atom. The third kappa shape index (κ3) is 3.30. The summed E-state index contributed by atoms with van der Waals surface area (Å²) < 4.78 is 2.17. The molecule has 0 spiro atoms. The van der Waals surface area contributed by atoms with Crippen molar-refractivity contribution in [3.05, 3.63) is 39.4 Å². The summed E-state index contributed by atoms with van der Waals surface area (Å²) in [6, 6.07) is 7.48. The molecular weight excluding hydrogens is 258 g/mol. The second kappa shape index (κ2) is 6.12. The van der Waals surface area contributed by atoms with Crippen molar-refractivity contribution >= 4 is 23.1 Å². The molecule has 0 amide bonds. The molecule has 102 valence electrons. The van der Waals surface area contributed by atoms with Gasteiger partial charge < -0.3 is 9.88 Å². The highest BCUT2D eigenvalue weighted by molar-refractivity contribution is 7.71. The lowest BCUT2D eigenvalue weighted by atomic mass is 10.2. The van der Waals surface area contributed by atoms with E-state index in [-0.39, 0.29) is 5.56 Å². The van der Waals surface area contributed by atoms with E-state index in [1.807, 2.05) is 24.3 Å². The van der Waals surface area contributed by atoms with Crippen molar-refractivity contribution in [2.45, 2.75) is 19.4 Å². The number of hydrogen-bond acceptors (Lipinski definition) is 3. The first-order valence-corrected chi connectivity index (χ1v) is 6.87. The van der Waals surface area contributed by atoms with Crippen molar-refractivity contribution in [2.75, 3.05) is 20.6 Å². The fourth-order valence-corrected chi connectivity index (χ4v) is 2.38. The van der Waals surface area contributed by atoms with Gasteiger partial charge in [0.2, 0.25) is 0 Å². The Bertz CT molecular complexity index is 672. The summed E-state index contributed by atoms with van der Waals surface area (Å²) in [5.74, 6) is 0. The molecule has 0 saturated carbocycles. The molecule has 0 unspecified atom stereocenters. The predicted octanol–water partition coefficient (Wildman–Crippen LogP) is 2.40. The lowest BCUT2D eigenvalue weighted by molar-refractivity contribution is 0.386. The molecule has 1 aromatic heterocycles. The molecule has 0 aliphatic carbocycles. The number of fused-ring (bicyclic) bond motifs is 1. The summed E-state index contributed by atoms with van der Waals surface area (Å²) in [7, 11) is 4.10. The number of benzene rings is 1. The van der Waals surface area contributed by atoms with E-state index in [1.54, 1.807) is 4.57 Å². The minimum atomic E-state index is 0.00389. The highest BCUT2D eigenvalue weighted by Crippen LogP contribution is 2.06. The van der Waals surface area contributed by atoms with Crippen molar-refractivity contribution in [2.24, 2.45) is 0 Å². The average Bonchev–Trinajstić information content (AvgIpc) is 2.37. The number of hydrogen-bond donors (Lipinski definition) is 1. The molecule has 19 heavy (non-hydrogen) atoms. The lowest BCUT2D eigenvalue weighted by Crippen LogP contribution is -2.23. The second-order valence-corrected chi connectivity index (χ2v) is 5.33. The molecule has 1 aromatic carbocycles. The van der Waals surface area contributed by atoms with Gasteiger partial charge in [0.25, 0.3) is 5.56 Å². The minimum absolute atomic E-state index is 0.00389. The molecule has 0 fully saturated rings. The third-order valence-electron chi connectivity index (χ3n) is 3.13. The zero-order valence-corrected chi connectivity index (χ0v) is 12.2. The van der Waals surface area contributed by atoms with E-state index in [4.69, 9.17) is 12.2 Å². The van der Waals surface area contributed by atoms with E-state index in [0.717, 1.165) is 24.9 Å². The van der Waals surface area contributed by atoms with Crippen LogP contribution >= 0.6 is 12.2 Å². The lowest BCUT2D eigenvalue weighted by Gasteiger charge is -2.10. The maximum Gasteiger partial charge on any atom is 0.262 e. The standard InChI is InChI=1S/C14H19N3OS/c1-16(2)9-5-6-10-17-13(18)11-7-3-4-8-12(11)15-14(17)19/h3-4,7-8H,5-6,9-10H2,1-2H3,(H,15,19). The molecule has 5 heteroatoms. The first-order valence-electron chi connectivity index (χ1n) is 6.46. The van der Waals surface area contributed by atoms with E-state index in [2.05, 4.69) is 24.0 Å². The Morgan fingerprint density at radius 1 is 1.26 bits per heavy atom. The summed E-state index contributed by atoms with van der Waals surface area (Å²) >= 11 is 5.27. The molecular formula is C14H19N3OS. The Kier molecular flexibility index (Phi) is 4.50. The Balaban J connectivity index is 2.24. The van der Waals surface area contributed by atoms with Crippen LogP contribution in [-0.2, 0) is 6.54 Å². The SMILES string of the molecule is CN(C)CCCCn1c(=S)[nH]c2ccccc2c1=O. The van der Waals surface area contributed by atoms with Gasteiger partial charge in [0.1, 0.15) is 0 Å². The van der Waals surface area contributed by atoms with E-state index < -0.39 is 0 Å². The van der Waals surface area contributed by atoms with Gasteiger partial charge in [0, 0.05) is 6.54 Å². The molecule has 0 saturated heterocycles. The van der Waals surface area contributed by atoms with Gasteiger partial charge >= 0.3 is 0 Å². The number of unbranched alkanes of at least 4 members (excludes halogenated alkanes) is 1. The molecule has 4 nitrogen and oxygen atoms in total. The van der Waals surface area contributed by atoms with Crippen LogP contribution in [0, 0.1) is 4.77 Å². The topological polar surface area (TPSA) is 41.0 Å². The van der Waals surface area contributed by atoms with Gasteiger partial charge in [0.15, 0.2) is 4.77 Å². The van der Waals surface area contributed by atoms with E-state index >= 15 is 0 Å². The van der Waals surface area contributed by atoms with Crippen LogP contribution in [0.25, 0.3) is 10.9 Å². The van der Waals surface area contributed by atoms with Gasteiger partial charge in [-0.1, -0.05) is 12.1 Å². The maximum atomic E-state index is 12.3. The van der Waals surface area contributed by atoms with E-state index in [1.165, 1.54) is 0 Å². The Labute approximate surface area is 117 Å². The Hall–Kier alpha value is -1.46. The predicted molar refractivity (Wildman–Crippen MR) is 81.2 cm³/mol. The van der Waals surface area contributed by atoms with Gasteiger partial charge in [-0.2, -0.15) is 0 Å². The highest BCUT2D eigenvalue weighted by atomic mass is 32.1. The smallest absolute Gasteiger partial charge is 0.262 e. The molecule has 0 aliphatic heterocycles. The zero-order valence-electron chi connectivity index (χ0n) is 11.3. The average molecular weight is 277 g/mol. The van der Waals surface area contributed by atoms with Crippen molar-refractivity contribution in [1.82, 2.24) is 14.5 Å². The van der Waals surface area contributed by atoms with Crippen LogP contribution in [0.3, 0.4) is 0 Å². The molecule has 1 heterocycles. The normalized spacial score (nSPS) is 11.3. The summed E-state index contributed by atoms with van der Waals surface area (Å²) in [4.78, 5) is 17.6. The van der Waals surface area contributed by atoms with Gasteiger partial charge in [0.05, 0.1) is 10.9 Å². The summed E-state index contributed by atoms with van der Waals surface area (Å²) in [6.07, 6.45) is 2.01. The van der Waals surface area contributed by atoms with E-state index in [9.17, 15) is 4.79 Å². The highest BCUT2D eigenvalue weighted by Gasteiger charge is 2.04. The number of aromatic amines is 1. The van der Waals surface area contributed by atoms with Crippen LogP contribution < -0.4 is 5.56 Å². The largest absolute Gasteiger partial charge is 0.332 e. The quantitative estimate of drug-likeness (QED) is 0.674. The fourth-order valence-electron chi connectivity index (χ4n) is 2.10. The first-order chi connectivity index (χ1) is 9.09. The fraction of sp³-hybridized carbons (Fsp3) is 0.429. The molecule has 0 atom stereocenters. The summed E-state index contributed by atoms with van der Waals surface area (Å²) in [5.41, 5.74) is 0.811. The molecule has 1 N–H and O–H groups in total. The zero-order chi connectivity index (χ0) is 13.8. The van der Waals surface area contributed by atoms with Gasteiger partial charge in [-0.05, 0) is 57.8 Å². The van der Waals surface area contributed by atoms with Gasteiger partial charge in [-0.25, -0.2) is 0 Å². The number of para-hydroxylation sites is 1. The molecule has 0 bridgehead atoms. The van der Waals surface area contributed by atoms with Crippen LogP contribution in [0.4, 0.5) is 0 Å². The number of H-pyrrole nitrogens is 1. The first kappa shape index (κ1) is 14.0. The maximum absolute atomic E-state index is 12.3. The number of rotatable bonds is 5. The van der Waals surface area contributed by atoms with Crippen LogP contribution in [0.15, 0.2) is 29.1 Å². The number of nitrogens with one attached hydrogen (secondary N) is 1. The summed E-state index contributed by atoms with van der Waals surface area (Å²) in [6.45, 7) is 1.70. The number of nitrogens with zero attached hydrogens (tertiary/aromatic N) is 2. The van der Waals surface area contributed by atoms with Crippen LogP contribution in [-0.4, -0.2) is 35.1 Å². The van der Waals surface area contributed by atoms with E-state index in [0.29, 0.717) is 16.7 Å². The van der Waals surface area contributed by atoms with Crippen LogP contribution in [0.1, 0.15) is 12.8 Å². The second-order valence-electron chi connectivity index (χ2n) is 4.94. The molecule has 0 aliphatic rings. The number of aromatic nitrogens is 2. The summed E-state index contributed by atoms with van der Waals surface area (Å²) in [5, 5.41) is 0.698. The molecule has 0 radical (unpaired) electrons. The van der Waals surface area contributed by atoms with Gasteiger partial charge in [-0.15, -0.1) is 0 Å². The van der Waals surface area contributed by atoms with Crippen molar-refractivity contribution in [3.63, 3.8) is 0 Å². The van der Waals surface area contributed by atoms with Gasteiger partial charge in [-0.3, -0.25) is 9.36 Å². The van der Waals surface area contributed by atoms with Crippen molar-refractivity contribution in [3.8, 4) is 0 Å². The third-order valence-corrected chi connectivity index (χ3v) is 3.45. The van der Waals surface area contributed by atoms with Crippen LogP contribution in [0.2, 0.25) is 0 Å². The minimum Gasteiger partial charge on any atom is -0.332 e. The molecule has 2 rings (SSSR count). The molecule has 2 aromatic rings. The Morgan fingerprint density at radius 2 is 2.00 bits per heavy atom. The van der Waals surface area contributed by atoms with Crippen molar-refractivity contribution < 1.29 is 0 Å². The monoisotopic (exact) mass is 277 g/mol. The van der Waals surface area contributed by atoms with Crippen molar-refractivity contribution in [1.29, 1.82) is 0 Å².